The SMILES string of the molecule is CCCCN1CCN(C(=O)CC2CCN(c3ccnc(NC)n3)CC2)CC1. The Morgan fingerprint density at radius 1 is 1.19 bits per heavy atom. The van der Waals surface area contributed by atoms with Gasteiger partial charge in [-0.05, 0) is 37.8 Å². The van der Waals surface area contributed by atoms with Crippen molar-refractivity contribution in [2.45, 2.75) is 39.0 Å². The molecule has 0 bridgehead atoms. The molecule has 150 valence electrons. The molecule has 2 aliphatic rings. The van der Waals surface area contributed by atoms with Crippen LogP contribution in [-0.2, 0) is 4.79 Å². The van der Waals surface area contributed by atoms with Crippen LogP contribution in [0.3, 0.4) is 0 Å². The molecule has 7 heteroatoms. The molecule has 2 saturated heterocycles. The number of hydrogen-bond acceptors (Lipinski definition) is 6. The number of unbranched alkanes of at least 4 members (excludes halogenated alkanes) is 1. The van der Waals surface area contributed by atoms with E-state index in [9.17, 15) is 4.79 Å². The normalized spacial score (nSPS) is 19.3. The van der Waals surface area contributed by atoms with Gasteiger partial charge >= 0.3 is 0 Å². The number of nitrogens with one attached hydrogen (secondary N) is 1. The molecule has 1 amide bonds. The fraction of sp³-hybridized carbons (Fsp3) is 0.750. The lowest BCUT2D eigenvalue weighted by Crippen LogP contribution is -2.49. The lowest BCUT2D eigenvalue weighted by atomic mass is 9.93. The Morgan fingerprint density at radius 2 is 1.93 bits per heavy atom. The Labute approximate surface area is 163 Å². The van der Waals surface area contributed by atoms with Crippen molar-refractivity contribution in [1.82, 2.24) is 19.8 Å². The number of amides is 1. The maximum Gasteiger partial charge on any atom is 0.224 e. The number of carbonyl (C=O) groups excluding carboxylic acids is 1. The van der Waals surface area contributed by atoms with Gasteiger partial charge in [0.2, 0.25) is 11.9 Å². The molecule has 0 spiro atoms. The summed E-state index contributed by atoms with van der Waals surface area (Å²) in [5.74, 6) is 2.48. The molecule has 27 heavy (non-hydrogen) atoms. The van der Waals surface area contributed by atoms with Crippen molar-refractivity contribution in [3.63, 3.8) is 0 Å². The van der Waals surface area contributed by atoms with Gasteiger partial charge in [0.25, 0.3) is 0 Å². The quantitative estimate of drug-likeness (QED) is 0.788. The van der Waals surface area contributed by atoms with E-state index in [0.29, 0.717) is 24.2 Å². The zero-order valence-corrected chi connectivity index (χ0v) is 16.9. The van der Waals surface area contributed by atoms with Gasteiger partial charge in [-0.15, -0.1) is 0 Å². The Balaban J connectivity index is 1.40. The van der Waals surface area contributed by atoms with Crippen LogP contribution in [0, 0.1) is 5.92 Å². The van der Waals surface area contributed by atoms with Gasteiger partial charge in [-0.25, -0.2) is 4.98 Å². The number of piperazine rings is 1. The van der Waals surface area contributed by atoms with Crippen LogP contribution in [0.4, 0.5) is 11.8 Å². The molecule has 0 unspecified atom stereocenters. The minimum Gasteiger partial charge on any atom is -0.357 e. The first-order valence-electron chi connectivity index (χ1n) is 10.5. The van der Waals surface area contributed by atoms with Crippen LogP contribution in [0.1, 0.15) is 39.0 Å². The molecule has 0 radical (unpaired) electrons. The van der Waals surface area contributed by atoms with Crippen LogP contribution in [-0.4, -0.2) is 78.5 Å². The second-order valence-electron chi connectivity index (χ2n) is 7.70. The zero-order chi connectivity index (χ0) is 19.1. The van der Waals surface area contributed by atoms with E-state index in [2.05, 4.69) is 36.9 Å². The van der Waals surface area contributed by atoms with E-state index in [4.69, 9.17) is 0 Å². The molecule has 0 saturated carbocycles. The first kappa shape index (κ1) is 19.9. The third kappa shape index (κ3) is 5.54. The van der Waals surface area contributed by atoms with Gasteiger partial charge in [0, 0.05) is 58.9 Å². The van der Waals surface area contributed by atoms with Crippen molar-refractivity contribution in [1.29, 1.82) is 0 Å². The van der Waals surface area contributed by atoms with Crippen LogP contribution in [0.2, 0.25) is 0 Å². The summed E-state index contributed by atoms with van der Waals surface area (Å²) in [6.07, 6.45) is 7.11. The summed E-state index contributed by atoms with van der Waals surface area (Å²) in [6.45, 7) is 9.19. The highest BCUT2D eigenvalue weighted by Gasteiger charge is 2.26. The number of nitrogens with zero attached hydrogens (tertiary/aromatic N) is 5. The lowest BCUT2D eigenvalue weighted by molar-refractivity contribution is -0.134. The van der Waals surface area contributed by atoms with Gasteiger partial charge in [-0.3, -0.25) is 9.69 Å². The predicted octanol–water partition coefficient (Wildman–Crippen LogP) is 2.07. The van der Waals surface area contributed by atoms with E-state index in [-0.39, 0.29) is 0 Å². The van der Waals surface area contributed by atoms with Gasteiger partial charge in [-0.2, -0.15) is 4.98 Å². The average Bonchev–Trinajstić information content (AvgIpc) is 2.73. The fourth-order valence-electron chi connectivity index (χ4n) is 3.99. The minimum absolute atomic E-state index is 0.350. The highest BCUT2D eigenvalue weighted by molar-refractivity contribution is 5.76. The Kier molecular flexibility index (Phi) is 7.26. The summed E-state index contributed by atoms with van der Waals surface area (Å²) >= 11 is 0. The molecule has 0 atom stereocenters. The van der Waals surface area contributed by atoms with E-state index in [1.807, 2.05) is 13.1 Å². The monoisotopic (exact) mass is 374 g/mol. The largest absolute Gasteiger partial charge is 0.357 e. The molecule has 0 aliphatic carbocycles. The Bertz CT molecular complexity index is 594. The van der Waals surface area contributed by atoms with Crippen molar-refractivity contribution in [2.75, 3.05) is 63.1 Å². The molecular formula is C20H34N6O. The summed E-state index contributed by atoms with van der Waals surface area (Å²) < 4.78 is 0. The van der Waals surface area contributed by atoms with E-state index in [1.54, 1.807) is 6.20 Å². The first-order chi connectivity index (χ1) is 13.2. The van der Waals surface area contributed by atoms with Crippen LogP contribution in [0.5, 0.6) is 0 Å². The molecule has 2 fully saturated rings. The standard InChI is InChI=1S/C20H34N6O/c1-3-4-9-24-12-14-26(15-13-24)19(27)16-17-6-10-25(11-7-17)18-5-8-22-20(21-2)23-18/h5,8,17H,3-4,6-7,9-16H2,1-2H3,(H,21,22,23). The van der Waals surface area contributed by atoms with Gasteiger partial charge < -0.3 is 15.1 Å². The second-order valence-corrected chi connectivity index (χ2v) is 7.70. The maximum absolute atomic E-state index is 12.7. The number of rotatable bonds is 7. The van der Waals surface area contributed by atoms with Crippen LogP contribution in [0.15, 0.2) is 12.3 Å². The second kappa shape index (κ2) is 9.88. The van der Waals surface area contributed by atoms with E-state index < -0.39 is 0 Å². The molecule has 3 rings (SSSR count). The van der Waals surface area contributed by atoms with E-state index >= 15 is 0 Å². The molecule has 1 aromatic heterocycles. The predicted molar refractivity (Wildman–Crippen MR) is 109 cm³/mol. The smallest absolute Gasteiger partial charge is 0.224 e. The molecule has 2 aliphatic heterocycles. The zero-order valence-electron chi connectivity index (χ0n) is 16.9. The highest BCUT2D eigenvalue weighted by Crippen LogP contribution is 2.25. The lowest BCUT2D eigenvalue weighted by Gasteiger charge is -2.37. The van der Waals surface area contributed by atoms with Crippen LogP contribution in [0.25, 0.3) is 0 Å². The molecule has 1 aromatic rings. The van der Waals surface area contributed by atoms with Crippen LogP contribution >= 0.6 is 0 Å². The number of hydrogen-bond donors (Lipinski definition) is 1. The van der Waals surface area contributed by atoms with Crippen LogP contribution < -0.4 is 10.2 Å². The number of piperidine rings is 1. The topological polar surface area (TPSA) is 64.6 Å². The molecular weight excluding hydrogens is 340 g/mol. The number of aromatic nitrogens is 2. The van der Waals surface area contributed by atoms with E-state index in [0.717, 1.165) is 57.9 Å². The molecule has 1 N–H and O–H groups in total. The highest BCUT2D eigenvalue weighted by atomic mass is 16.2. The van der Waals surface area contributed by atoms with Crippen molar-refractivity contribution in [3.8, 4) is 0 Å². The number of anilines is 2. The molecule has 3 heterocycles. The third-order valence-electron chi connectivity index (χ3n) is 5.82. The fourth-order valence-corrected chi connectivity index (χ4v) is 3.99. The summed E-state index contributed by atoms with van der Waals surface area (Å²) in [5, 5.41) is 2.99. The van der Waals surface area contributed by atoms with Crippen molar-refractivity contribution >= 4 is 17.7 Å². The summed E-state index contributed by atoms with van der Waals surface area (Å²) in [4.78, 5) is 28.3. The van der Waals surface area contributed by atoms with E-state index in [1.165, 1.54) is 19.4 Å². The summed E-state index contributed by atoms with van der Waals surface area (Å²) in [5.41, 5.74) is 0. The van der Waals surface area contributed by atoms with Gasteiger partial charge in [0.1, 0.15) is 5.82 Å². The van der Waals surface area contributed by atoms with Crippen molar-refractivity contribution in [2.24, 2.45) is 5.92 Å². The van der Waals surface area contributed by atoms with Gasteiger partial charge in [0.15, 0.2) is 0 Å². The third-order valence-corrected chi connectivity index (χ3v) is 5.82. The minimum atomic E-state index is 0.350. The Morgan fingerprint density at radius 3 is 2.59 bits per heavy atom. The maximum atomic E-state index is 12.7. The van der Waals surface area contributed by atoms with Gasteiger partial charge in [0.05, 0.1) is 0 Å². The summed E-state index contributed by atoms with van der Waals surface area (Å²) in [6, 6.07) is 1.96. The van der Waals surface area contributed by atoms with Crippen molar-refractivity contribution < 1.29 is 4.79 Å². The molecule has 0 aromatic carbocycles. The first-order valence-corrected chi connectivity index (χ1v) is 10.5. The van der Waals surface area contributed by atoms with Crippen molar-refractivity contribution in [3.05, 3.63) is 12.3 Å². The van der Waals surface area contributed by atoms with Gasteiger partial charge in [-0.1, -0.05) is 13.3 Å². The number of carbonyl (C=O) groups is 1. The summed E-state index contributed by atoms with van der Waals surface area (Å²) in [7, 11) is 1.83. The molecule has 7 nitrogen and oxygen atoms in total. The average molecular weight is 375 g/mol. The Hall–Kier alpha value is -1.89.